The summed E-state index contributed by atoms with van der Waals surface area (Å²) >= 11 is 6.18. The van der Waals surface area contributed by atoms with Crippen molar-refractivity contribution in [1.29, 1.82) is 0 Å². The Labute approximate surface area is 226 Å². The average molecular weight is 570 g/mol. The lowest BCUT2D eigenvalue weighted by molar-refractivity contribution is -0.135. The number of rotatable bonds is 11. The van der Waals surface area contributed by atoms with Gasteiger partial charge in [-0.1, -0.05) is 48.4 Å². The van der Waals surface area contributed by atoms with Crippen molar-refractivity contribution in [2.24, 2.45) is 0 Å². The lowest BCUT2D eigenvalue weighted by Crippen LogP contribution is -2.51. The van der Waals surface area contributed by atoms with E-state index >= 15 is 0 Å². The number of sulfonamides is 2. The van der Waals surface area contributed by atoms with Crippen molar-refractivity contribution in [2.45, 2.75) is 57.5 Å². The highest BCUT2D eigenvalue weighted by molar-refractivity contribution is 7.89. The maximum absolute atomic E-state index is 13.7. The summed E-state index contributed by atoms with van der Waals surface area (Å²) in [5.41, 5.74) is 1.77. The molecule has 37 heavy (non-hydrogen) atoms. The SMILES string of the molecule is CCCN(CC(=O)N(Cc1cccc(Cl)c1)C1CCN(S(=O)(=O)CC)CC1)S(=O)(=O)c1ccc(C)cc1. The molecule has 0 unspecified atom stereocenters. The molecule has 0 atom stereocenters. The summed E-state index contributed by atoms with van der Waals surface area (Å²) < 4.78 is 54.2. The monoisotopic (exact) mass is 569 g/mol. The number of benzene rings is 2. The van der Waals surface area contributed by atoms with Crippen LogP contribution in [0.3, 0.4) is 0 Å². The molecule has 0 spiro atoms. The second-order valence-corrected chi connectivity index (χ2v) is 14.0. The van der Waals surface area contributed by atoms with Gasteiger partial charge in [-0.05, 0) is 62.9 Å². The summed E-state index contributed by atoms with van der Waals surface area (Å²) in [5, 5.41) is 0.545. The summed E-state index contributed by atoms with van der Waals surface area (Å²) in [7, 11) is -7.18. The molecule has 1 aliphatic rings. The van der Waals surface area contributed by atoms with Gasteiger partial charge in [0.05, 0.1) is 17.2 Å². The number of hydrogen-bond donors (Lipinski definition) is 0. The van der Waals surface area contributed by atoms with Crippen LogP contribution in [0.5, 0.6) is 0 Å². The van der Waals surface area contributed by atoms with E-state index in [1.165, 1.54) is 8.61 Å². The fourth-order valence-electron chi connectivity index (χ4n) is 4.50. The second-order valence-electron chi connectivity index (χ2n) is 9.33. The minimum Gasteiger partial charge on any atom is -0.334 e. The highest BCUT2D eigenvalue weighted by Crippen LogP contribution is 2.24. The lowest BCUT2D eigenvalue weighted by Gasteiger charge is -2.39. The number of aryl methyl sites for hydroxylation is 1. The predicted octanol–water partition coefficient (Wildman–Crippen LogP) is 3.89. The van der Waals surface area contributed by atoms with Crippen molar-refractivity contribution in [3.05, 3.63) is 64.7 Å². The summed E-state index contributed by atoms with van der Waals surface area (Å²) in [6.07, 6.45) is 1.51. The molecule has 2 aromatic carbocycles. The van der Waals surface area contributed by atoms with Crippen LogP contribution in [0.1, 0.15) is 44.2 Å². The van der Waals surface area contributed by atoms with Gasteiger partial charge < -0.3 is 4.90 Å². The minimum atomic E-state index is -3.87. The third kappa shape index (κ3) is 7.54. The Morgan fingerprint density at radius 3 is 2.24 bits per heavy atom. The maximum atomic E-state index is 13.7. The molecule has 8 nitrogen and oxygen atoms in total. The zero-order valence-electron chi connectivity index (χ0n) is 21.6. The second kappa shape index (κ2) is 12.7. The molecule has 1 saturated heterocycles. The molecular formula is C26H36ClN3O5S2. The van der Waals surface area contributed by atoms with Gasteiger partial charge >= 0.3 is 0 Å². The Bertz CT molecular complexity index is 1280. The Hall–Kier alpha value is -1.98. The summed E-state index contributed by atoms with van der Waals surface area (Å²) in [6.45, 7) is 6.19. The van der Waals surface area contributed by atoms with Gasteiger partial charge in [0.15, 0.2) is 0 Å². The van der Waals surface area contributed by atoms with Crippen molar-refractivity contribution in [2.75, 3.05) is 31.9 Å². The van der Waals surface area contributed by atoms with Gasteiger partial charge in [-0.25, -0.2) is 21.1 Å². The molecule has 0 saturated carbocycles. The molecule has 11 heteroatoms. The first-order chi connectivity index (χ1) is 17.5. The number of carbonyl (C=O) groups is 1. The molecule has 0 aliphatic carbocycles. The first-order valence-electron chi connectivity index (χ1n) is 12.6. The van der Waals surface area contributed by atoms with Crippen LogP contribution < -0.4 is 0 Å². The van der Waals surface area contributed by atoms with E-state index in [4.69, 9.17) is 11.6 Å². The van der Waals surface area contributed by atoms with Crippen LogP contribution in [-0.2, 0) is 31.4 Å². The molecular weight excluding hydrogens is 534 g/mol. The van der Waals surface area contributed by atoms with Crippen molar-refractivity contribution >= 4 is 37.6 Å². The highest BCUT2D eigenvalue weighted by Gasteiger charge is 2.34. The van der Waals surface area contributed by atoms with Crippen LogP contribution in [0.4, 0.5) is 0 Å². The zero-order valence-corrected chi connectivity index (χ0v) is 24.0. The molecule has 0 N–H and O–H groups in total. The van der Waals surface area contributed by atoms with Crippen LogP contribution >= 0.6 is 11.6 Å². The van der Waals surface area contributed by atoms with Crippen molar-refractivity contribution < 1.29 is 21.6 Å². The first-order valence-corrected chi connectivity index (χ1v) is 16.0. The largest absolute Gasteiger partial charge is 0.334 e. The standard InChI is InChI=1S/C26H36ClN3O5S2/c1-4-15-29(37(34,35)25-11-9-21(3)10-12-25)20-26(31)30(19-22-7-6-8-23(27)18-22)24-13-16-28(17-14-24)36(32,33)5-2/h6-12,18,24H,4-5,13-17,19-20H2,1-3H3. The Morgan fingerprint density at radius 2 is 1.68 bits per heavy atom. The van der Waals surface area contributed by atoms with Crippen LogP contribution in [0, 0.1) is 6.92 Å². The number of piperidine rings is 1. The first kappa shape index (κ1) is 29.6. The Kier molecular flexibility index (Phi) is 10.2. The van der Waals surface area contributed by atoms with Gasteiger partial charge in [-0.2, -0.15) is 4.31 Å². The van der Waals surface area contributed by atoms with Gasteiger partial charge in [-0.3, -0.25) is 4.79 Å². The van der Waals surface area contributed by atoms with E-state index in [2.05, 4.69) is 0 Å². The molecule has 0 bridgehead atoms. The van der Waals surface area contributed by atoms with Crippen molar-refractivity contribution in [3.63, 3.8) is 0 Å². The van der Waals surface area contributed by atoms with Crippen LogP contribution in [0.2, 0.25) is 5.02 Å². The van der Waals surface area contributed by atoms with E-state index in [1.54, 1.807) is 48.2 Å². The van der Waals surface area contributed by atoms with E-state index in [9.17, 15) is 21.6 Å². The van der Waals surface area contributed by atoms with E-state index < -0.39 is 20.0 Å². The van der Waals surface area contributed by atoms with E-state index in [0.717, 1.165) is 11.1 Å². The van der Waals surface area contributed by atoms with Crippen LogP contribution in [0.15, 0.2) is 53.4 Å². The topological polar surface area (TPSA) is 95.1 Å². The number of carbonyl (C=O) groups excluding carboxylic acids is 1. The lowest BCUT2D eigenvalue weighted by atomic mass is 10.0. The number of hydrogen-bond acceptors (Lipinski definition) is 5. The molecule has 0 radical (unpaired) electrons. The molecule has 1 fully saturated rings. The molecule has 1 aliphatic heterocycles. The third-order valence-corrected chi connectivity index (χ3v) is 10.6. The Morgan fingerprint density at radius 1 is 1.03 bits per heavy atom. The van der Waals surface area contributed by atoms with Gasteiger partial charge in [0.1, 0.15) is 0 Å². The molecule has 1 amide bonds. The third-order valence-electron chi connectivity index (χ3n) is 6.63. The number of amides is 1. The van der Waals surface area contributed by atoms with Gasteiger partial charge in [0.25, 0.3) is 0 Å². The van der Waals surface area contributed by atoms with Crippen molar-refractivity contribution in [1.82, 2.24) is 13.5 Å². The average Bonchev–Trinajstić information content (AvgIpc) is 2.87. The van der Waals surface area contributed by atoms with Gasteiger partial charge in [-0.15, -0.1) is 0 Å². The Balaban J connectivity index is 1.86. The van der Waals surface area contributed by atoms with E-state index in [-0.39, 0.29) is 42.2 Å². The summed E-state index contributed by atoms with van der Waals surface area (Å²) in [6, 6.07) is 13.6. The zero-order chi connectivity index (χ0) is 27.2. The number of nitrogens with zero attached hydrogens (tertiary/aromatic N) is 3. The van der Waals surface area contributed by atoms with Gasteiger partial charge in [0, 0.05) is 37.2 Å². The highest BCUT2D eigenvalue weighted by atomic mass is 35.5. The summed E-state index contributed by atoms with van der Waals surface area (Å²) in [4.78, 5) is 15.6. The molecule has 3 rings (SSSR count). The number of halogens is 1. The van der Waals surface area contributed by atoms with Gasteiger partial charge in [0.2, 0.25) is 26.0 Å². The van der Waals surface area contributed by atoms with Crippen molar-refractivity contribution in [3.8, 4) is 0 Å². The van der Waals surface area contributed by atoms with E-state index in [1.807, 2.05) is 26.0 Å². The normalized spacial score (nSPS) is 15.7. The fourth-order valence-corrected chi connectivity index (χ4v) is 7.33. The molecule has 0 aromatic heterocycles. The maximum Gasteiger partial charge on any atom is 0.243 e. The smallest absolute Gasteiger partial charge is 0.243 e. The molecule has 2 aromatic rings. The van der Waals surface area contributed by atoms with E-state index in [0.29, 0.717) is 37.4 Å². The predicted molar refractivity (Wildman–Crippen MR) is 146 cm³/mol. The minimum absolute atomic E-state index is 0.0334. The summed E-state index contributed by atoms with van der Waals surface area (Å²) in [5.74, 6) is -0.285. The van der Waals surface area contributed by atoms with Crippen LogP contribution in [-0.4, -0.2) is 74.2 Å². The molecule has 1 heterocycles. The molecule has 204 valence electrons. The van der Waals surface area contributed by atoms with Crippen LogP contribution in [0.25, 0.3) is 0 Å². The fraction of sp³-hybridized carbons (Fsp3) is 0.500. The quantitative estimate of drug-likeness (QED) is 0.409.